The minimum Gasteiger partial charge on any atom is -0.185 e. The average Bonchev–Trinajstić information content (AvgIpc) is 2.67. The molecule has 1 heterocycles. The summed E-state index contributed by atoms with van der Waals surface area (Å²) in [5, 5.41) is 9.62. The summed E-state index contributed by atoms with van der Waals surface area (Å²) in [5.41, 5.74) is 0.989. The van der Waals surface area contributed by atoms with Crippen molar-refractivity contribution in [2.45, 2.75) is 31.3 Å². The van der Waals surface area contributed by atoms with Crippen molar-refractivity contribution in [3.8, 4) is 0 Å². The minimum absolute atomic E-state index is 0.00192. The van der Waals surface area contributed by atoms with Gasteiger partial charge in [0.15, 0.2) is 0 Å². The topological polar surface area (TPSA) is 24.7 Å². The SMILES string of the molecule is C=CCC1(C)C2(C)N=NC1(c1ccccc1)C1C=CC12. The molecule has 1 saturated carbocycles. The third-order valence-electron chi connectivity index (χ3n) is 6.18. The van der Waals surface area contributed by atoms with Crippen LogP contribution < -0.4 is 0 Å². The van der Waals surface area contributed by atoms with Gasteiger partial charge < -0.3 is 0 Å². The molecular weight excluding hydrogens is 244 g/mol. The summed E-state index contributed by atoms with van der Waals surface area (Å²) in [4.78, 5) is 0. The van der Waals surface area contributed by atoms with Crippen molar-refractivity contribution in [1.29, 1.82) is 0 Å². The van der Waals surface area contributed by atoms with Gasteiger partial charge in [-0.05, 0) is 18.9 Å². The number of hydrogen-bond acceptors (Lipinski definition) is 2. The van der Waals surface area contributed by atoms with E-state index in [1.54, 1.807) is 0 Å². The Balaban J connectivity index is 1.99. The van der Waals surface area contributed by atoms with Gasteiger partial charge in [0.25, 0.3) is 0 Å². The maximum Gasteiger partial charge on any atom is 0.121 e. The molecule has 0 aromatic heterocycles. The van der Waals surface area contributed by atoms with E-state index in [0.717, 1.165) is 6.42 Å². The molecule has 0 N–H and O–H groups in total. The van der Waals surface area contributed by atoms with Crippen LogP contribution in [0.25, 0.3) is 0 Å². The molecule has 0 spiro atoms. The highest BCUT2D eigenvalue weighted by molar-refractivity contribution is 5.46. The highest BCUT2D eigenvalue weighted by Crippen LogP contribution is 2.74. The van der Waals surface area contributed by atoms with Gasteiger partial charge in [-0.2, -0.15) is 10.2 Å². The van der Waals surface area contributed by atoms with Crippen LogP contribution in [-0.2, 0) is 5.54 Å². The first kappa shape index (κ1) is 12.1. The van der Waals surface area contributed by atoms with Gasteiger partial charge in [-0.25, -0.2) is 0 Å². The fourth-order valence-electron chi connectivity index (χ4n) is 4.84. The summed E-state index contributed by atoms with van der Waals surface area (Å²) < 4.78 is 0. The number of hydrogen-bond donors (Lipinski definition) is 0. The minimum atomic E-state index is -0.212. The summed E-state index contributed by atoms with van der Waals surface area (Å²) >= 11 is 0. The summed E-state index contributed by atoms with van der Waals surface area (Å²) in [7, 11) is 0. The predicted molar refractivity (Wildman–Crippen MR) is 80.4 cm³/mol. The van der Waals surface area contributed by atoms with Gasteiger partial charge in [-0.3, -0.25) is 0 Å². The molecule has 1 fully saturated rings. The lowest BCUT2D eigenvalue weighted by molar-refractivity contribution is 0.148. The highest BCUT2D eigenvalue weighted by Gasteiger charge is 2.77. The van der Waals surface area contributed by atoms with Crippen LogP contribution in [0.4, 0.5) is 0 Å². The van der Waals surface area contributed by atoms with E-state index in [0.29, 0.717) is 11.8 Å². The van der Waals surface area contributed by atoms with Crippen molar-refractivity contribution in [2.24, 2.45) is 27.5 Å². The monoisotopic (exact) mass is 264 g/mol. The van der Waals surface area contributed by atoms with Crippen LogP contribution in [-0.4, -0.2) is 5.54 Å². The molecule has 5 atom stereocenters. The van der Waals surface area contributed by atoms with E-state index in [4.69, 9.17) is 10.2 Å². The molecular formula is C18H20N2. The number of allylic oxidation sites excluding steroid dienone is 1. The molecule has 0 saturated heterocycles. The number of benzene rings is 1. The van der Waals surface area contributed by atoms with E-state index in [1.807, 2.05) is 6.08 Å². The molecule has 2 aliphatic carbocycles. The fraction of sp³-hybridized carbons (Fsp3) is 0.444. The quantitative estimate of drug-likeness (QED) is 0.718. The van der Waals surface area contributed by atoms with E-state index in [1.165, 1.54) is 5.56 Å². The Kier molecular flexibility index (Phi) is 2.11. The lowest BCUT2D eigenvalue weighted by Gasteiger charge is -2.41. The van der Waals surface area contributed by atoms with Crippen LogP contribution in [0.2, 0.25) is 0 Å². The average molecular weight is 264 g/mol. The lowest BCUT2D eigenvalue weighted by atomic mass is 9.61. The molecule has 20 heavy (non-hydrogen) atoms. The van der Waals surface area contributed by atoms with Gasteiger partial charge >= 0.3 is 0 Å². The largest absolute Gasteiger partial charge is 0.185 e. The molecule has 5 unspecified atom stereocenters. The molecule has 0 amide bonds. The first-order chi connectivity index (χ1) is 9.60. The highest BCUT2D eigenvalue weighted by atomic mass is 15.3. The van der Waals surface area contributed by atoms with Crippen LogP contribution in [0.5, 0.6) is 0 Å². The van der Waals surface area contributed by atoms with Crippen molar-refractivity contribution in [2.75, 3.05) is 0 Å². The second kappa shape index (κ2) is 3.49. The van der Waals surface area contributed by atoms with E-state index >= 15 is 0 Å². The summed E-state index contributed by atoms with van der Waals surface area (Å²) in [5.74, 6) is 1.00. The van der Waals surface area contributed by atoms with Gasteiger partial charge in [-0.15, -0.1) is 6.58 Å². The van der Waals surface area contributed by atoms with Gasteiger partial charge in [0.05, 0.1) is 5.54 Å². The zero-order valence-electron chi connectivity index (χ0n) is 12.1. The zero-order chi connectivity index (χ0) is 14.0. The summed E-state index contributed by atoms with van der Waals surface area (Å²) in [6, 6.07) is 10.7. The van der Waals surface area contributed by atoms with Gasteiger partial charge in [0, 0.05) is 17.3 Å². The summed E-state index contributed by atoms with van der Waals surface area (Å²) in [6.07, 6.45) is 7.65. The van der Waals surface area contributed by atoms with Gasteiger partial charge in [0.1, 0.15) is 5.54 Å². The Morgan fingerprint density at radius 1 is 1.10 bits per heavy atom. The Labute approximate surface area is 120 Å². The normalized spacial score (nSPS) is 47.1. The van der Waals surface area contributed by atoms with Gasteiger partial charge in [0.2, 0.25) is 0 Å². The van der Waals surface area contributed by atoms with Crippen molar-refractivity contribution >= 4 is 0 Å². The van der Waals surface area contributed by atoms with Crippen LogP contribution in [0.1, 0.15) is 25.8 Å². The Morgan fingerprint density at radius 2 is 1.80 bits per heavy atom. The Bertz CT molecular complexity index is 632. The molecule has 1 aliphatic heterocycles. The maximum atomic E-state index is 4.86. The van der Waals surface area contributed by atoms with E-state index < -0.39 is 0 Å². The van der Waals surface area contributed by atoms with E-state index in [9.17, 15) is 0 Å². The third-order valence-corrected chi connectivity index (χ3v) is 6.18. The smallest absolute Gasteiger partial charge is 0.121 e. The third kappa shape index (κ3) is 0.983. The molecule has 2 bridgehead atoms. The first-order valence-corrected chi connectivity index (χ1v) is 7.39. The number of azo groups is 1. The summed E-state index contributed by atoms with van der Waals surface area (Å²) in [6.45, 7) is 8.61. The van der Waals surface area contributed by atoms with Crippen molar-refractivity contribution in [1.82, 2.24) is 0 Å². The lowest BCUT2D eigenvalue weighted by Crippen LogP contribution is -2.45. The molecule has 0 radical (unpaired) electrons. The van der Waals surface area contributed by atoms with Crippen molar-refractivity contribution in [3.05, 3.63) is 60.7 Å². The Morgan fingerprint density at radius 3 is 2.40 bits per heavy atom. The van der Waals surface area contributed by atoms with Crippen LogP contribution in [0.3, 0.4) is 0 Å². The second-order valence-electron chi connectivity index (χ2n) is 6.74. The van der Waals surface area contributed by atoms with E-state index in [2.05, 4.69) is 62.9 Å². The maximum absolute atomic E-state index is 4.86. The van der Waals surface area contributed by atoms with Crippen LogP contribution in [0, 0.1) is 17.3 Å². The fourth-order valence-corrected chi connectivity index (χ4v) is 4.84. The predicted octanol–water partition coefficient (Wildman–Crippen LogP) is 4.50. The van der Waals surface area contributed by atoms with Crippen LogP contribution >= 0.6 is 0 Å². The molecule has 4 rings (SSSR count). The van der Waals surface area contributed by atoms with Crippen molar-refractivity contribution < 1.29 is 0 Å². The molecule has 1 aromatic carbocycles. The molecule has 102 valence electrons. The second-order valence-corrected chi connectivity index (χ2v) is 6.74. The molecule has 1 aromatic rings. The zero-order valence-corrected chi connectivity index (χ0v) is 12.1. The number of fused-ring (bicyclic) bond motifs is 5. The molecule has 2 heteroatoms. The van der Waals surface area contributed by atoms with E-state index in [-0.39, 0.29) is 16.5 Å². The Hall–Kier alpha value is -1.70. The van der Waals surface area contributed by atoms with Crippen LogP contribution in [0.15, 0.2) is 65.4 Å². The first-order valence-electron chi connectivity index (χ1n) is 7.39. The van der Waals surface area contributed by atoms with Crippen molar-refractivity contribution in [3.63, 3.8) is 0 Å². The molecule has 3 aliphatic rings. The standard InChI is InChI=1S/C18H20N2/c1-4-12-16(2)17(3)14-10-11-15(14)18(16,20-19-17)13-8-6-5-7-9-13/h4-11,14-15H,1,12H2,2-3H3. The number of nitrogens with zero attached hydrogens (tertiary/aromatic N) is 2. The number of rotatable bonds is 3. The van der Waals surface area contributed by atoms with Gasteiger partial charge in [-0.1, -0.05) is 55.5 Å². The molecule has 2 nitrogen and oxygen atoms in total.